The van der Waals surface area contributed by atoms with E-state index in [2.05, 4.69) is 103 Å². The molecule has 7 fully saturated rings. The zero-order valence-electron chi connectivity index (χ0n) is 74.5. The van der Waals surface area contributed by atoms with Crippen molar-refractivity contribution in [1.82, 2.24) is 34.2 Å². The lowest BCUT2D eigenvalue weighted by molar-refractivity contribution is 0.0482. The number of halogens is 2. The number of ether oxygens (including phenoxy) is 5. The molecule has 7 aromatic carbocycles. The Balaban J connectivity index is 0.000000132. The summed E-state index contributed by atoms with van der Waals surface area (Å²) in [6.45, 7) is 32.7. The summed E-state index contributed by atoms with van der Waals surface area (Å²) in [5.41, 5.74) is 19.0. The van der Waals surface area contributed by atoms with Crippen molar-refractivity contribution in [2.24, 2.45) is 23.5 Å². The van der Waals surface area contributed by atoms with E-state index in [1.807, 2.05) is 203 Å². The van der Waals surface area contributed by atoms with E-state index < -0.39 is 11.2 Å². The molecule has 0 bridgehead atoms. The molecule has 18 rings (SSSR count). The molecule has 662 valence electrons. The highest BCUT2D eigenvalue weighted by Gasteiger charge is 2.36. The summed E-state index contributed by atoms with van der Waals surface area (Å²) in [6, 6.07) is 54.4. The van der Waals surface area contributed by atoms with Crippen LogP contribution in [0.3, 0.4) is 0 Å². The van der Waals surface area contributed by atoms with E-state index in [9.17, 15) is 33.9 Å². The summed E-state index contributed by atoms with van der Waals surface area (Å²) in [5, 5.41) is 22.8. The third kappa shape index (κ3) is 22.4. The van der Waals surface area contributed by atoms with Gasteiger partial charge >= 0.3 is 12.2 Å². The first kappa shape index (κ1) is 90.8. The number of nitrogens with zero attached hydrogens (tertiary/aromatic N) is 6. The van der Waals surface area contributed by atoms with Crippen molar-refractivity contribution in [3.63, 3.8) is 0 Å². The highest BCUT2D eigenvalue weighted by molar-refractivity contribution is 9.10. The quantitative estimate of drug-likeness (QED) is 0.0475. The normalized spacial score (nSPS) is 18.1. The molecule has 22 nitrogen and oxygen atoms in total. The Morgan fingerprint density at radius 1 is 0.440 bits per heavy atom. The Labute approximate surface area is 749 Å². The van der Waals surface area contributed by atoms with Gasteiger partial charge in [0.25, 0.3) is 22.2 Å². The molecule has 7 heterocycles. The summed E-state index contributed by atoms with van der Waals surface area (Å²) < 4.78 is 38.7. The number of benzene rings is 7. The van der Waals surface area contributed by atoms with Crippen LogP contribution in [0.15, 0.2) is 192 Å². The lowest BCUT2D eigenvalue weighted by Crippen LogP contribution is -2.42. The van der Waals surface area contributed by atoms with Gasteiger partial charge in [-0.05, 0) is 279 Å². The molecule has 24 heteroatoms. The Kier molecular flexibility index (Phi) is 28.5. The Bertz CT molecular complexity index is 5960. The van der Waals surface area contributed by atoms with Crippen LogP contribution >= 0.6 is 31.9 Å². The molecular weight excluding hydrogens is 1700 g/mol. The van der Waals surface area contributed by atoms with E-state index in [1.165, 1.54) is 11.8 Å². The van der Waals surface area contributed by atoms with Crippen LogP contribution in [0.4, 0.5) is 21.0 Å². The highest BCUT2D eigenvalue weighted by atomic mass is 79.9. The summed E-state index contributed by atoms with van der Waals surface area (Å²) in [4.78, 5) is 79.7. The van der Waals surface area contributed by atoms with Gasteiger partial charge in [0, 0.05) is 135 Å². The number of amides is 2. The third-order valence-electron chi connectivity index (χ3n) is 24.8. The number of aryl methyl sites for hydroxylation is 4. The van der Waals surface area contributed by atoms with Crippen molar-refractivity contribution < 1.29 is 38.4 Å². The number of anilines is 2. The van der Waals surface area contributed by atoms with Gasteiger partial charge in [0.05, 0.1) is 22.1 Å². The number of aromatic nitrogens is 4. The predicted octanol–water partition coefficient (Wildman–Crippen LogP) is 20.0. The number of rotatable bonds is 20. The SMILES string of the molecule is C[C@H](NC(=O)OC(C)(C)C)[C@@H]1CCNC1.Cc1c(Br)ccc2c(O)cc(=O)n(C3CC3)c12.Cc1c(Br)ccc2c(OCc3ccccc3)cc(=O)n(C3CC3)c12.Cc1c(N2CC[C@@H]([C@H](C)N)C2)ccc2c(OCc3ccccc3)cc(=O)n(C3CC3)c12.Cc1c(N2CC[C@@H]([C@H](C)NC(=O)OC(C)(C)C)C2)ccc2c(OCc3ccccc3)cc(=O)n(C3CC3)c12. The van der Waals surface area contributed by atoms with E-state index in [0.29, 0.717) is 72.9 Å². The van der Waals surface area contributed by atoms with Crippen molar-refractivity contribution in [3.05, 3.63) is 253 Å². The van der Waals surface area contributed by atoms with Gasteiger partial charge in [0.15, 0.2) is 0 Å². The van der Waals surface area contributed by atoms with Crippen LogP contribution in [0.1, 0.15) is 196 Å². The molecule has 3 aliphatic heterocycles. The van der Waals surface area contributed by atoms with Gasteiger partial charge in [-0.3, -0.25) is 19.2 Å². The fraction of sp³-hybridized carbons (Fsp3) is 0.446. The molecule has 2 amide bonds. The van der Waals surface area contributed by atoms with E-state index in [1.54, 1.807) is 18.2 Å². The van der Waals surface area contributed by atoms with E-state index in [-0.39, 0.29) is 64.3 Å². The number of pyridine rings is 4. The number of hydrogen-bond acceptors (Lipinski definition) is 16. The number of hydrogen-bond donors (Lipinski definition) is 5. The molecule has 125 heavy (non-hydrogen) atoms. The lowest BCUT2D eigenvalue weighted by Gasteiger charge is -2.26. The smallest absolute Gasteiger partial charge is 0.407 e. The fourth-order valence-corrected chi connectivity index (χ4v) is 18.1. The molecule has 0 radical (unpaired) electrons. The summed E-state index contributed by atoms with van der Waals surface area (Å²) >= 11 is 7.06. The molecule has 4 aromatic heterocycles. The largest absolute Gasteiger partial charge is 0.507 e. The van der Waals surface area contributed by atoms with E-state index in [0.717, 1.165) is 207 Å². The van der Waals surface area contributed by atoms with Crippen molar-refractivity contribution in [2.45, 2.75) is 234 Å². The van der Waals surface area contributed by atoms with Gasteiger partial charge in [-0.15, -0.1) is 0 Å². The van der Waals surface area contributed by atoms with Crippen molar-refractivity contribution in [3.8, 4) is 23.0 Å². The number of carbonyl (C=O) groups is 2. The Hall–Kier alpha value is -10.4. The zero-order valence-corrected chi connectivity index (χ0v) is 77.6. The maximum absolute atomic E-state index is 13.3. The van der Waals surface area contributed by atoms with Crippen LogP contribution in [-0.4, -0.2) is 104 Å². The molecule has 11 aromatic rings. The molecule has 6 atom stereocenters. The second kappa shape index (κ2) is 39.2. The van der Waals surface area contributed by atoms with Crippen molar-refractivity contribution in [1.29, 1.82) is 0 Å². The lowest BCUT2D eigenvalue weighted by atomic mass is 10.0. The number of nitrogens with one attached hydrogen (secondary N) is 3. The van der Waals surface area contributed by atoms with Crippen molar-refractivity contribution >= 4 is 99.0 Å². The molecule has 0 unspecified atom stereocenters. The molecule has 4 aliphatic carbocycles. The van der Waals surface area contributed by atoms with Gasteiger partial charge in [0.2, 0.25) is 0 Å². The summed E-state index contributed by atoms with van der Waals surface area (Å²) in [6.07, 6.45) is 11.0. The summed E-state index contributed by atoms with van der Waals surface area (Å²) in [7, 11) is 0. The standard InChI is InChI=1S/C31H39N3O4.C26H31N3O2.C20H18BrNO2.C13H12BrNO2.C11H22N2O2/c1-20-26(33-16-15-23(18-33)21(2)32-30(36)38-31(3,4)5)14-13-25-27(37-19-22-9-7-6-8-10-22)17-28(35)34(29(20)25)24-11-12-24;1-17-23(28-13-12-20(15-28)18(2)27)11-10-22-24(31-16-19-6-4-3-5-7-19)14-25(30)29(26(17)22)21-8-9-21;1-13-17(21)10-9-16-18(24-12-14-5-3-2-4-6-14)11-19(23)22(20(13)16)15-7-8-15;1-7-10(14)5-4-9-11(16)6-12(17)15(13(7)9)8-2-3-8;1-8(9-5-6-12-7-9)13-10(14)15-11(2,3)4/h6-10,13-14,17,21,23-24H,11-12,15-16,18-19H2,1-5H3,(H,32,36);3-7,10-11,14,18,20-21H,8-9,12-13,15-16,27H2,1-2H3;2-6,9-11,15H,7-8,12H2,1H3;4-6,8,16H,2-3H2,1H3;8-9,12H,5-7H2,1-4H3,(H,13,14)/t21-,23+;18-,20+;;;8-,9+/m00..0/s1. The number of aromatic hydroxyl groups is 1. The van der Waals surface area contributed by atoms with E-state index in [4.69, 9.17) is 29.4 Å². The monoisotopic (exact) mass is 1820 g/mol. The van der Waals surface area contributed by atoms with Gasteiger partial charge in [-0.25, -0.2) is 9.59 Å². The molecule has 4 saturated carbocycles. The fourth-order valence-electron chi connectivity index (χ4n) is 17.5. The average molecular weight is 1830 g/mol. The minimum atomic E-state index is -0.519. The first-order valence-corrected chi connectivity index (χ1v) is 46.1. The van der Waals surface area contributed by atoms with Crippen LogP contribution < -0.4 is 67.9 Å². The number of carbonyl (C=O) groups excluding carboxylic acids is 2. The van der Waals surface area contributed by atoms with Gasteiger partial charge in [0.1, 0.15) is 54.0 Å². The van der Waals surface area contributed by atoms with Crippen LogP contribution in [0.5, 0.6) is 23.0 Å². The molecule has 0 spiro atoms. The Morgan fingerprint density at radius 2 is 0.768 bits per heavy atom. The maximum atomic E-state index is 13.3. The third-order valence-corrected chi connectivity index (χ3v) is 26.5. The minimum absolute atomic E-state index is 0.00162. The second-order valence-corrected chi connectivity index (χ2v) is 38.7. The highest BCUT2D eigenvalue weighted by Crippen LogP contribution is 2.46. The zero-order chi connectivity index (χ0) is 88.9. The van der Waals surface area contributed by atoms with Crippen molar-refractivity contribution in [2.75, 3.05) is 49.1 Å². The van der Waals surface area contributed by atoms with Gasteiger partial charge in [-0.1, -0.05) is 123 Å². The number of fused-ring (bicyclic) bond motifs is 4. The van der Waals surface area contributed by atoms with Gasteiger partial charge < -0.3 is 78.5 Å². The van der Waals surface area contributed by atoms with Gasteiger partial charge in [-0.2, -0.15) is 0 Å². The maximum Gasteiger partial charge on any atom is 0.407 e. The number of alkyl carbamates (subject to hydrolysis) is 2. The number of nitrogens with two attached hydrogens (primary N) is 1. The van der Waals surface area contributed by atoms with Crippen LogP contribution in [0.2, 0.25) is 0 Å². The van der Waals surface area contributed by atoms with Crippen LogP contribution in [0.25, 0.3) is 43.6 Å². The first-order chi connectivity index (χ1) is 59.8. The Morgan fingerprint density at radius 3 is 1.11 bits per heavy atom. The minimum Gasteiger partial charge on any atom is -0.507 e. The molecule has 7 aliphatic rings. The predicted molar refractivity (Wildman–Crippen MR) is 507 cm³/mol. The summed E-state index contributed by atoms with van der Waals surface area (Å²) in [5.74, 6) is 3.38. The van der Waals surface area contributed by atoms with Crippen LogP contribution in [0, 0.1) is 45.4 Å². The first-order valence-electron chi connectivity index (χ1n) is 44.5. The second-order valence-electron chi connectivity index (χ2n) is 37.0. The van der Waals surface area contributed by atoms with E-state index >= 15 is 0 Å². The molecule has 6 N–H and O–H groups in total. The average Bonchev–Trinajstić information content (AvgIpc) is 1.70. The molecular formula is C101H122Br2N10O12. The molecule has 3 saturated heterocycles. The van der Waals surface area contributed by atoms with Crippen LogP contribution in [-0.2, 0) is 29.3 Å². The topological polar surface area (TPSA) is 257 Å².